The smallest absolute Gasteiger partial charge is 0.207 e. The standard InChI is InChI=1S/C9H17ClF2/c1-7(2)8(3,6-10)5-9(4,11)12/h7H,5-6H2,1-4H3. The van der Waals surface area contributed by atoms with Crippen LogP contribution in [0.3, 0.4) is 0 Å². The fourth-order valence-electron chi connectivity index (χ4n) is 1.11. The predicted molar refractivity (Wildman–Crippen MR) is 48.9 cm³/mol. The molecule has 0 aromatic rings. The van der Waals surface area contributed by atoms with Gasteiger partial charge in [0.15, 0.2) is 0 Å². The Morgan fingerprint density at radius 1 is 1.25 bits per heavy atom. The van der Waals surface area contributed by atoms with E-state index in [2.05, 4.69) is 0 Å². The Bertz CT molecular complexity index is 140. The van der Waals surface area contributed by atoms with Crippen LogP contribution in [0.2, 0.25) is 0 Å². The molecule has 3 heteroatoms. The van der Waals surface area contributed by atoms with E-state index in [0.29, 0.717) is 0 Å². The summed E-state index contributed by atoms with van der Waals surface area (Å²) in [7, 11) is 0. The molecule has 0 rings (SSSR count). The first-order valence-electron chi connectivity index (χ1n) is 4.15. The van der Waals surface area contributed by atoms with Crippen molar-refractivity contribution in [3.05, 3.63) is 0 Å². The first-order chi connectivity index (χ1) is 5.21. The van der Waals surface area contributed by atoms with Gasteiger partial charge in [-0.2, -0.15) is 0 Å². The molecule has 1 unspecified atom stereocenters. The Balaban J connectivity index is 4.35. The maximum Gasteiger partial charge on any atom is 0.246 e. The Morgan fingerprint density at radius 2 is 1.67 bits per heavy atom. The highest BCUT2D eigenvalue weighted by Gasteiger charge is 2.37. The van der Waals surface area contributed by atoms with E-state index in [1.807, 2.05) is 20.8 Å². The minimum absolute atomic E-state index is 0.138. The van der Waals surface area contributed by atoms with Crippen molar-refractivity contribution >= 4 is 11.6 Å². The Labute approximate surface area is 78.3 Å². The van der Waals surface area contributed by atoms with Crippen LogP contribution in [0.1, 0.15) is 34.1 Å². The van der Waals surface area contributed by atoms with E-state index in [1.54, 1.807) is 0 Å². The Kier molecular flexibility index (Phi) is 3.95. The molecule has 0 amide bonds. The minimum Gasteiger partial charge on any atom is -0.207 e. The molecule has 0 aliphatic carbocycles. The van der Waals surface area contributed by atoms with Crippen molar-refractivity contribution in [3.63, 3.8) is 0 Å². The lowest BCUT2D eigenvalue weighted by Crippen LogP contribution is -2.32. The number of hydrogen-bond acceptors (Lipinski definition) is 0. The van der Waals surface area contributed by atoms with E-state index in [-0.39, 0.29) is 18.2 Å². The summed E-state index contributed by atoms with van der Waals surface area (Å²) in [6.07, 6.45) is -0.138. The summed E-state index contributed by atoms with van der Waals surface area (Å²) in [6.45, 7) is 6.60. The zero-order chi connectivity index (χ0) is 9.99. The molecule has 12 heavy (non-hydrogen) atoms. The zero-order valence-electron chi connectivity index (χ0n) is 8.13. The second kappa shape index (κ2) is 3.91. The van der Waals surface area contributed by atoms with Gasteiger partial charge < -0.3 is 0 Å². The average Bonchev–Trinajstić information content (AvgIpc) is 1.83. The van der Waals surface area contributed by atoms with Gasteiger partial charge in [0.25, 0.3) is 0 Å². The summed E-state index contributed by atoms with van der Waals surface area (Å²) in [5, 5.41) is 0. The Hall–Kier alpha value is 0.150. The zero-order valence-corrected chi connectivity index (χ0v) is 8.88. The van der Waals surface area contributed by atoms with Gasteiger partial charge in [-0.3, -0.25) is 0 Å². The van der Waals surface area contributed by atoms with E-state index in [9.17, 15) is 8.78 Å². The van der Waals surface area contributed by atoms with Crippen LogP contribution in [0.5, 0.6) is 0 Å². The second-order valence-corrected chi connectivity index (χ2v) is 4.46. The largest absolute Gasteiger partial charge is 0.246 e. The fourth-order valence-corrected chi connectivity index (χ4v) is 1.52. The molecule has 0 radical (unpaired) electrons. The third-order valence-corrected chi connectivity index (χ3v) is 3.02. The third-order valence-electron chi connectivity index (χ3n) is 2.41. The molecule has 0 spiro atoms. The van der Waals surface area contributed by atoms with Gasteiger partial charge in [0.2, 0.25) is 5.92 Å². The van der Waals surface area contributed by atoms with Gasteiger partial charge in [-0.1, -0.05) is 20.8 Å². The van der Waals surface area contributed by atoms with Crippen LogP contribution in [0.4, 0.5) is 8.78 Å². The van der Waals surface area contributed by atoms with Gasteiger partial charge in [0, 0.05) is 12.3 Å². The lowest BCUT2D eigenvalue weighted by Gasteiger charge is -2.33. The molecule has 0 aliphatic rings. The van der Waals surface area contributed by atoms with Crippen LogP contribution in [-0.4, -0.2) is 11.8 Å². The molecule has 0 aromatic carbocycles. The van der Waals surface area contributed by atoms with Crippen molar-refractivity contribution in [1.82, 2.24) is 0 Å². The van der Waals surface area contributed by atoms with Crippen LogP contribution in [0.25, 0.3) is 0 Å². The molecule has 0 nitrogen and oxygen atoms in total. The summed E-state index contributed by atoms with van der Waals surface area (Å²) in [5.41, 5.74) is -0.459. The van der Waals surface area contributed by atoms with E-state index < -0.39 is 11.3 Å². The topological polar surface area (TPSA) is 0 Å². The van der Waals surface area contributed by atoms with Crippen LogP contribution < -0.4 is 0 Å². The highest BCUT2D eigenvalue weighted by Crippen LogP contribution is 2.38. The van der Waals surface area contributed by atoms with Crippen molar-refractivity contribution in [2.75, 3.05) is 5.88 Å². The maximum absolute atomic E-state index is 12.7. The highest BCUT2D eigenvalue weighted by atomic mass is 35.5. The molecule has 1 atom stereocenters. The van der Waals surface area contributed by atoms with Crippen molar-refractivity contribution < 1.29 is 8.78 Å². The van der Waals surface area contributed by atoms with Gasteiger partial charge >= 0.3 is 0 Å². The lowest BCUT2D eigenvalue weighted by molar-refractivity contribution is -0.0312. The van der Waals surface area contributed by atoms with Crippen LogP contribution in [0.15, 0.2) is 0 Å². The fraction of sp³-hybridized carbons (Fsp3) is 1.00. The quantitative estimate of drug-likeness (QED) is 0.601. The first kappa shape index (κ1) is 12.2. The molecule has 0 N–H and O–H groups in total. The molecule has 0 aromatic heterocycles. The van der Waals surface area contributed by atoms with Crippen LogP contribution in [0, 0.1) is 11.3 Å². The summed E-state index contributed by atoms with van der Waals surface area (Å²) < 4.78 is 25.4. The maximum atomic E-state index is 12.7. The molecule has 0 fully saturated rings. The number of hydrogen-bond donors (Lipinski definition) is 0. The Morgan fingerprint density at radius 3 is 1.75 bits per heavy atom. The molecule has 0 heterocycles. The first-order valence-corrected chi connectivity index (χ1v) is 4.68. The number of halogens is 3. The molecular formula is C9H17ClF2. The van der Waals surface area contributed by atoms with E-state index >= 15 is 0 Å². The van der Waals surface area contributed by atoms with Gasteiger partial charge in [-0.05, 0) is 18.3 Å². The van der Waals surface area contributed by atoms with Crippen molar-refractivity contribution in [3.8, 4) is 0 Å². The van der Waals surface area contributed by atoms with Gasteiger partial charge in [0.1, 0.15) is 0 Å². The van der Waals surface area contributed by atoms with Crippen molar-refractivity contribution in [2.24, 2.45) is 11.3 Å². The average molecular weight is 199 g/mol. The molecular weight excluding hydrogens is 182 g/mol. The molecule has 0 saturated carbocycles. The number of alkyl halides is 3. The normalized spacial score (nSPS) is 18.0. The molecule has 0 saturated heterocycles. The minimum atomic E-state index is -2.62. The predicted octanol–water partition coefficient (Wildman–Crippen LogP) is 3.93. The van der Waals surface area contributed by atoms with Crippen LogP contribution in [-0.2, 0) is 0 Å². The SMILES string of the molecule is CC(C)C(C)(CCl)CC(C)(F)F. The lowest BCUT2D eigenvalue weighted by atomic mass is 9.76. The van der Waals surface area contributed by atoms with Gasteiger partial charge in [-0.25, -0.2) is 8.78 Å². The highest BCUT2D eigenvalue weighted by molar-refractivity contribution is 6.18. The van der Waals surface area contributed by atoms with Gasteiger partial charge in [0.05, 0.1) is 0 Å². The van der Waals surface area contributed by atoms with Crippen molar-refractivity contribution in [1.29, 1.82) is 0 Å². The monoisotopic (exact) mass is 198 g/mol. The van der Waals surface area contributed by atoms with Gasteiger partial charge in [-0.15, -0.1) is 11.6 Å². The summed E-state index contributed by atoms with van der Waals surface area (Å²) >= 11 is 5.68. The second-order valence-electron chi connectivity index (χ2n) is 4.19. The van der Waals surface area contributed by atoms with E-state index in [1.165, 1.54) is 0 Å². The summed E-state index contributed by atoms with van der Waals surface area (Å²) in [6, 6.07) is 0. The number of rotatable bonds is 4. The van der Waals surface area contributed by atoms with E-state index in [0.717, 1.165) is 6.92 Å². The molecule has 0 aliphatic heterocycles. The molecule has 0 bridgehead atoms. The molecule has 74 valence electrons. The summed E-state index contributed by atoms with van der Waals surface area (Å²) in [4.78, 5) is 0. The van der Waals surface area contributed by atoms with E-state index in [4.69, 9.17) is 11.6 Å². The third kappa shape index (κ3) is 3.70. The van der Waals surface area contributed by atoms with Crippen LogP contribution >= 0.6 is 11.6 Å². The van der Waals surface area contributed by atoms with Crippen molar-refractivity contribution in [2.45, 2.75) is 40.0 Å². The summed E-state index contributed by atoms with van der Waals surface area (Å²) in [5.74, 6) is -2.15.